The molecule has 4 heterocycles. The van der Waals surface area contributed by atoms with Gasteiger partial charge >= 0.3 is 0 Å². The van der Waals surface area contributed by atoms with Gasteiger partial charge in [0, 0.05) is 35.6 Å². The van der Waals surface area contributed by atoms with Crippen molar-refractivity contribution in [2.45, 2.75) is 39.0 Å². The van der Waals surface area contributed by atoms with E-state index in [1.165, 1.54) is 16.5 Å². The predicted molar refractivity (Wildman–Crippen MR) is 153 cm³/mol. The third-order valence-electron chi connectivity index (χ3n) is 7.41. The third kappa shape index (κ3) is 5.02. The Morgan fingerprint density at radius 1 is 1.05 bits per heavy atom. The highest BCUT2D eigenvalue weighted by molar-refractivity contribution is 6.06. The predicted octanol–water partition coefficient (Wildman–Crippen LogP) is 3.97. The number of rotatable bonds is 7. The molecule has 0 radical (unpaired) electrons. The molecule has 11 nitrogen and oxygen atoms in total. The Morgan fingerprint density at radius 3 is 2.60 bits per heavy atom. The molecule has 2 N–H and O–H groups in total. The summed E-state index contributed by atoms with van der Waals surface area (Å²) in [6.07, 6.45) is 1.69. The largest absolute Gasteiger partial charge is 0.326 e. The summed E-state index contributed by atoms with van der Waals surface area (Å²) < 4.78 is 16.1. The third-order valence-corrected chi connectivity index (χ3v) is 7.41. The van der Waals surface area contributed by atoms with Crippen LogP contribution in [-0.2, 0) is 16.1 Å². The Labute approximate surface area is 239 Å². The Balaban J connectivity index is 1.25. The summed E-state index contributed by atoms with van der Waals surface area (Å²) in [5.41, 5.74) is 4.74. The summed E-state index contributed by atoms with van der Waals surface area (Å²) in [6, 6.07) is 15.6. The summed E-state index contributed by atoms with van der Waals surface area (Å²) in [5, 5.41) is 22.6. The molecule has 2 amide bonds. The first-order chi connectivity index (χ1) is 20.3. The van der Waals surface area contributed by atoms with E-state index in [0.717, 1.165) is 27.9 Å². The van der Waals surface area contributed by atoms with E-state index in [9.17, 15) is 18.8 Å². The van der Waals surface area contributed by atoms with Crippen LogP contribution in [0.4, 0.5) is 10.2 Å². The molecule has 2 aromatic carbocycles. The lowest BCUT2D eigenvalue weighted by molar-refractivity contribution is -0.137. The van der Waals surface area contributed by atoms with Gasteiger partial charge in [0.25, 0.3) is 0 Å². The van der Waals surface area contributed by atoms with Crippen LogP contribution in [0.5, 0.6) is 0 Å². The number of hydrogen-bond donors (Lipinski definition) is 2. The molecule has 1 fully saturated rings. The van der Waals surface area contributed by atoms with Crippen LogP contribution in [0.2, 0.25) is 0 Å². The summed E-state index contributed by atoms with van der Waals surface area (Å²) >= 11 is 0. The molecule has 6 rings (SSSR count). The Morgan fingerprint density at radius 2 is 1.86 bits per heavy atom. The Kier molecular flexibility index (Phi) is 7.03. The second kappa shape index (κ2) is 11.0. The van der Waals surface area contributed by atoms with Crippen LogP contribution in [0.1, 0.15) is 29.5 Å². The van der Waals surface area contributed by atoms with Crippen LogP contribution in [-0.4, -0.2) is 71.4 Å². The number of halogens is 1. The molecule has 12 heteroatoms. The number of likely N-dealkylation sites (tertiary alicyclic amines) is 1. The van der Waals surface area contributed by atoms with Gasteiger partial charge in [0.2, 0.25) is 11.8 Å². The van der Waals surface area contributed by atoms with Gasteiger partial charge in [-0.1, -0.05) is 36.4 Å². The molecule has 42 heavy (non-hydrogen) atoms. The number of amides is 2. The monoisotopic (exact) mass is 566 g/mol. The lowest BCUT2D eigenvalue weighted by Gasteiger charge is -2.23. The standard InChI is InChI=1S/C30H27FN8O3/c1-17-27(19-6-4-3-5-7-19)29(36-35-17)34-30(42)25-13-22(31)15-38(25)26(41)16-39-24-9-8-20(21-10-11-32-33-14-21)12-23(24)28(37-39)18(2)40/h3-12,14,22,25H,13,15-16H2,1-2H3,(H2,34,35,36,42)/t22-,25+/m1/s1. The maximum absolute atomic E-state index is 14.7. The molecule has 2 atom stereocenters. The molecule has 0 saturated carbocycles. The zero-order valence-electron chi connectivity index (χ0n) is 22.9. The van der Waals surface area contributed by atoms with Gasteiger partial charge in [-0.25, -0.2) is 4.39 Å². The van der Waals surface area contributed by atoms with Gasteiger partial charge in [0.05, 0.1) is 24.5 Å². The van der Waals surface area contributed by atoms with Gasteiger partial charge < -0.3 is 10.2 Å². The molecule has 0 unspecified atom stereocenters. The number of ketones is 1. The highest BCUT2D eigenvalue weighted by Crippen LogP contribution is 2.31. The quantitative estimate of drug-likeness (QED) is 0.284. The lowest BCUT2D eigenvalue weighted by atomic mass is 10.0. The number of aryl methyl sites for hydroxylation is 1. The van der Waals surface area contributed by atoms with Crippen molar-refractivity contribution in [3.8, 4) is 22.3 Å². The van der Waals surface area contributed by atoms with Crippen molar-refractivity contribution < 1.29 is 18.8 Å². The molecule has 212 valence electrons. The van der Waals surface area contributed by atoms with Gasteiger partial charge in [-0.2, -0.15) is 20.4 Å². The smallest absolute Gasteiger partial charge is 0.248 e. The van der Waals surface area contributed by atoms with E-state index in [4.69, 9.17) is 0 Å². The minimum Gasteiger partial charge on any atom is -0.326 e. The number of fused-ring (bicyclic) bond motifs is 1. The first kappa shape index (κ1) is 26.9. The summed E-state index contributed by atoms with van der Waals surface area (Å²) in [7, 11) is 0. The second-order valence-corrected chi connectivity index (χ2v) is 10.2. The van der Waals surface area contributed by atoms with Crippen LogP contribution >= 0.6 is 0 Å². The number of Topliss-reactive ketones (excluding diaryl/α,β-unsaturated/α-hetero) is 1. The molecular formula is C30H27FN8O3. The van der Waals surface area contributed by atoms with E-state index < -0.39 is 24.0 Å². The van der Waals surface area contributed by atoms with Crippen molar-refractivity contribution in [1.29, 1.82) is 0 Å². The highest BCUT2D eigenvalue weighted by atomic mass is 19.1. The molecule has 1 aliphatic heterocycles. The number of hydrogen-bond acceptors (Lipinski definition) is 7. The average molecular weight is 567 g/mol. The Hall–Kier alpha value is -5.26. The van der Waals surface area contributed by atoms with Crippen molar-refractivity contribution in [1.82, 2.24) is 35.1 Å². The van der Waals surface area contributed by atoms with Crippen molar-refractivity contribution >= 4 is 34.3 Å². The highest BCUT2D eigenvalue weighted by Gasteiger charge is 2.40. The van der Waals surface area contributed by atoms with Crippen molar-refractivity contribution in [2.75, 3.05) is 11.9 Å². The normalized spacial score (nSPS) is 16.6. The second-order valence-electron chi connectivity index (χ2n) is 10.2. The molecule has 0 bridgehead atoms. The number of benzene rings is 2. The molecule has 5 aromatic rings. The number of carbonyl (C=O) groups is 3. The van der Waals surface area contributed by atoms with E-state index >= 15 is 0 Å². The van der Waals surface area contributed by atoms with Gasteiger partial charge in [-0.15, -0.1) is 0 Å². The molecule has 3 aromatic heterocycles. The molecule has 0 spiro atoms. The zero-order valence-corrected chi connectivity index (χ0v) is 22.9. The minimum absolute atomic E-state index is 0.135. The van der Waals surface area contributed by atoms with Crippen LogP contribution in [0.15, 0.2) is 67.0 Å². The maximum Gasteiger partial charge on any atom is 0.248 e. The first-order valence-electron chi connectivity index (χ1n) is 13.4. The number of anilines is 1. The van der Waals surface area contributed by atoms with E-state index in [0.29, 0.717) is 16.7 Å². The van der Waals surface area contributed by atoms with E-state index in [-0.39, 0.29) is 31.0 Å². The molecule has 0 aliphatic carbocycles. The van der Waals surface area contributed by atoms with Crippen molar-refractivity contribution in [3.63, 3.8) is 0 Å². The maximum atomic E-state index is 14.7. The van der Waals surface area contributed by atoms with E-state index in [1.807, 2.05) is 49.4 Å². The van der Waals surface area contributed by atoms with Gasteiger partial charge in [-0.05, 0) is 36.2 Å². The van der Waals surface area contributed by atoms with Crippen LogP contribution in [0.3, 0.4) is 0 Å². The van der Waals surface area contributed by atoms with E-state index in [1.54, 1.807) is 24.5 Å². The number of aromatic nitrogens is 6. The Bertz CT molecular complexity index is 1800. The fourth-order valence-corrected chi connectivity index (χ4v) is 5.41. The number of nitrogens with zero attached hydrogens (tertiary/aromatic N) is 6. The van der Waals surface area contributed by atoms with Gasteiger partial charge in [-0.3, -0.25) is 24.2 Å². The first-order valence-corrected chi connectivity index (χ1v) is 13.4. The number of aromatic amines is 1. The minimum atomic E-state index is -1.36. The SMILES string of the molecule is CC(=O)c1nn(CC(=O)N2C[C@H](F)C[C@H]2C(=O)Nc2n[nH]c(C)c2-c2ccccc2)c2ccc(-c3ccnnc3)cc12. The number of nitrogens with one attached hydrogen (secondary N) is 2. The van der Waals surface area contributed by atoms with Gasteiger partial charge in [0.15, 0.2) is 11.6 Å². The summed E-state index contributed by atoms with van der Waals surface area (Å²) in [4.78, 5) is 40.6. The zero-order chi connectivity index (χ0) is 29.4. The fraction of sp³-hybridized carbons (Fsp3) is 0.233. The van der Waals surface area contributed by atoms with Crippen molar-refractivity contribution in [2.24, 2.45) is 0 Å². The molecular weight excluding hydrogens is 539 g/mol. The molecule has 1 saturated heterocycles. The van der Waals surface area contributed by atoms with Crippen molar-refractivity contribution in [3.05, 3.63) is 78.4 Å². The lowest BCUT2D eigenvalue weighted by Crippen LogP contribution is -2.44. The van der Waals surface area contributed by atoms with Crippen LogP contribution in [0, 0.1) is 6.92 Å². The number of H-pyrrole nitrogens is 1. The summed E-state index contributed by atoms with van der Waals surface area (Å²) in [6.45, 7) is 2.76. The average Bonchev–Trinajstić information content (AvgIpc) is 3.68. The fourth-order valence-electron chi connectivity index (χ4n) is 5.41. The molecule has 1 aliphatic rings. The van der Waals surface area contributed by atoms with E-state index in [2.05, 4.69) is 30.8 Å². The van der Waals surface area contributed by atoms with Crippen LogP contribution in [0.25, 0.3) is 33.2 Å². The van der Waals surface area contributed by atoms with Crippen LogP contribution < -0.4 is 5.32 Å². The topological polar surface area (TPSA) is 139 Å². The van der Waals surface area contributed by atoms with Gasteiger partial charge in [0.1, 0.15) is 24.5 Å². The number of alkyl halides is 1. The number of carbonyl (C=O) groups excluding carboxylic acids is 3. The summed E-state index contributed by atoms with van der Waals surface area (Å²) in [5.74, 6) is -0.971.